The molecule has 7 heteroatoms. The Hall–Kier alpha value is -3.92. The first-order chi connectivity index (χ1) is 15.6. The van der Waals surface area contributed by atoms with E-state index in [0.717, 1.165) is 11.1 Å². The Morgan fingerprint density at radius 2 is 1.91 bits per heavy atom. The lowest BCUT2D eigenvalue weighted by molar-refractivity contribution is -0.385. The first-order valence-electron chi connectivity index (χ1n) is 10.8. The quantitative estimate of drug-likeness (QED) is 0.235. The van der Waals surface area contributed by atoms with Gasteiger partial charge in [0.1, 0.15) is 17.0 Å². The first kappa shape index (κ1) is 20.0. The van der Waals surface area contributed by atoms with E-state index in [1.54, 1.807) is 11.3 Å². The summed E-state index contributed by atoms with van der Waals surface area (Å²) in [6.07, 6.45) is 8.03. The molecule has 0 amide bonds. The number of benzene rings is 1. The van der Waals surface area contributed by atoms with Crippen LogP contribution in [0.4, 0.5) is 5.69 Å². The number of aromatic nitrogens is 3. The molecular weight excluding hydrogens is 404 g/mol. The second kappa shape index (κ2) is 8.31. The average Bonchev–Trinajstić information content (AvgIpc) is 3.39. The summed E-state index contributed by atoms with van der Waals surface area (Å²) in [5, 5.41) is 15.5. The van der Waals surface area contributed by atoms with Crippen LogP contribution in [0.15, 0.2) is 53.2 Å². The Morgan fingerprint density at radius 3 is 2.66 bits per heavy atom. The number of hydrogen-bond donors (Lipinski definition) is 0. The molecule has 4 aromatic rings. The largest absolute Gasteiger partial charge is 0.347 e. The second-order valence-electron chi connectivity index (χ2n) is 8.12. The third kappa shape index (κ3) is 3.65. The number of fused-ring (bicyclic) bond motifs is 1. The van der Waals surface area contributed by atoms with Gasteiger partial charge in [-0.1, -0.05) is 54.5 Å². The van der Waals surface area contributed by atoms with E-state index in [-0.39, 0.29) is 17.1 Å². The summed E-state index contributed by atoms with van der Waals surface area (Å²) in [7, 11) is 0. The summed E-state index contributed by atoms with van der Waals surface area (Å²) in [4.78, 5) is 16.0. The number of rotatable bonds is 3. The van der Waals surface area contributed by atoms with Crippen LogP contribution < -0.4 is 0 Å². The van der Waals surface area contributed by atoms with Gasteiger partial charge in [-0.25, -0.2) is 4.98 Å². The summed E-state index contributed by atoms with van der Waals surface area (Å²) in [5.41, 5.74) is 3.64. The van der Waals surface area contributed by atoms with Crippen molar-refractivity contribution in [2.24, 2.45) is 5.92 Å². The zero-order chi connectivity index (χ0) is 22.1. The molecule has 3 aromatic heterocycles. The molecule has 0 atom stereocenters. The van der Waals surface area contributed by atoms with Crippen LogP contribution in [0.1, 0.15) is 43.4 Å². The lowest BCUT2D eigenvalue weighted by atomic mass is 9.89. The smallest absolute Gasteiger partial charge is 0.340 e. The maximum Gasteiger partial charge on any atom is 0.340 e. The van der Waals surface area contributed by atoms with E-state index >= 15 is 0 Å². The highest BCUT2D eigenvalue weighted by atomic mass is 16.6. The van der Waals surface area contributed by atoms with Crippen molar-refractivity contribution in [1.82, 2.24) is 14.5 Å². The fraction of sp³-hybridized carbons (Fsp3) is 0.280. The molecule has 1 aliphatic rings. The zero-order valence-electron chi connectivity index (χ0n) is 17.7. The number of imidazole rings is 1. The van der Waals surface area contributed by atoms with Crippen molar-refractivity contribution in [3.05, 3.63) is 70.0 Å². The van der Waals surface area contributed by atoms with E-state index < -0.39 is 4.92 Å². The number of nitro groups is 1. The number of nitrogens with zero attached hydrogens (tertiary/aromatic N) is 4. The topological polar surface area (TPSA) is 86.5 Å². The highest BCUT2D eigenvalue weighted by Crippen LogP contribution is 2.39. The van der Waals surface area contributed by atoms with Gasteiger partial charge in [0.15, 0.2) is 5.69 Å². The van der Waals surface area contributed by atoms with Gasteiger partial charge >= 0.3 is 5.69 Å². The Bertz CT molecular complexity index is 1350. The molecule has 32 heavy (non-hydrogen) atoms. The van der Waals surface area contributed by atoms with Gasteiger partial charge in [-0.05, 0) is 44.0 Å². The normalized spacial score (nSPS) is 14.3. The van der Waals surface area contributed by atoms with E-state index in [2.05, 4.69) is 17.0 Å². The van der Waals surface area contributed by atoms with Crippen molar-refractivity contribution in [2.75, 3.05) is 0 Å². The van der Waals surface area contributed by atoms with Gasteiger partial charge in [-0.3, -0.25) is 14.5 Å². The van der Waals surface area contributed by atoms with E-state index in [4.69, 9.17) is 9.51 Å². The fourth-order valence-electron chi connectivity index (χ4n) is 4.29. The van der Waals surface area contributed by atoms with Crippen LogP contribution in [0.25, 0.3) is 28.4 Å². The molecule has 0 aliphatic heterocycles. The molecule has 7 nitrogen and oxygen atoms in total. The van der Waals surface area contributed by atoms with E-state index in [0.29, 0.717) is 23.0 Å². The van der Waals surface area contributed by atoms with E-state index in [1.807, 2.05) is 48.7 Å². The number of hydrogen-bond acceptors (Lipinski definition) is 5. The number of aryl methyl sites for hydroxylation is 1. The predicted octanol–water partition coefficient (Wildman–Crippen LogP) is 5.80. The second-order valence-corrected chi connectivity index (χ2v) is 8.12. The van der Waals surface area contributed by atoms with Crippen LogP contribution in [-0.2, 0) is 0 Å². The maximum absolute atomic E-state index is 11.7. The Kier molecular flexibility index (Phi) is 5.20. The third-order valence-electron chi connectivity index (χ3n) is 5.94. The van der Waals surface area contributed by atoms with E-state index in [9.17, 15) is 10.1 Å². The lowest BCUT2D eigenvalue weighted by Gasteiger charge is -2.15. The van der Waals surface area contributed by atoms with Gasteiger partial charge in [0.25, 0.3) is 5.76 Å². The highest BCUT2D eigenvalue weighted by molar-refractivity contribution is 5.83. The van der Waals surface area contributed by atoms with Crippen molar-refractivity contribution in [3.63, 3.8) is 0 Å². The Labute approximate surface area is 185 Å². The summed E-state index contributed by atoms with van der Waals surface area (Å²) < 4.78 is 7.22. The molecule has 1 saturated carbocycles. The minimum Gasteiger partial charge on any atom is -0.347 e. The standard InChI is InChI=1S/C25H22N4O3/c1-17-23(29(30)31)25(32-27-17)24-22(26-21-9-5-6-16-28(21)24)20-14-12-19(13-15-20)11-10-18-7-3-2-4-8-18/h5-6,9,12-16,18H,2-4,7-8H2,1H3. The van der Waals surface area contributed by atoms with Gasteiger partial charge in [0.05, 0.1) is 4.92 Å². The summed E-state index contributed by atoms with van der Waals surface area (Å²) in [6.45, 7) is 1.56. The van der Waals surface area contributed by atoms with Crippen molar-refractivity contribution in [1.29, 1.82) is 0 Å². The molecule has 5 rings (SSSR count). The Morgan fingerprint density at radius 1 is 1.12 bits per heavy atom. The SMILES string of the molecule is Cc1noc(-c2c(-c3ccc(C#CC4CCCCC4)cc3)nc3ccccn23)c1[N+](=O)[O-]. The molecule has 0 unspecified atom stereocenters. The molecule has 0 spiro atoms. The Balaban J connectivity index is 1.57. The molecule has 0 radical (unpaired) electrons. The van der Waals surface area contributed by atoms with Gasteiger partial charge in [-0.2, -0.15) is 0 Å². The van der Waals surface area contributed by atoms with Gasteiger partial charge < -0.3 is 4.52 Å². The summed E-state index contributed by atoms with van der Waals surface area (Å²) >= 11 is 0. The van der Waals surface area contributed by atoms with Gasteiger partial charge in [0, 0.05) is 23.2 Å². The zero-order valence-corrected chi connectivity index (χ0v) is 17.7. The minimum absolute atomic E-state index is 0.0994. The minimum atomic E-state index is -0.461. The van der Waals surface area contributed by atoms with Gasteiger partial charge in [0.2, 0.25) is 0 Å². The van der Waals surface area contributed by atoms with Crippen LogP contribution >= 0.6 is 0 Å². The van der Waals surface area contributed by atoms with Crippen LogP contribution in [0, 0.1) is 34.8 Å². The van der Waals surface area contributed by atoms with Crippen LogP contribution in [0.5, 0.6) is 0 Å². The maximum atomic E-state index is 11.7. The molecule has 3 heterocycles. The molecule has 0 saturated heterocycles. The van der Waals surface area contributed by atoms with Crippen LogP contribution in [0.3, 0.4) is 0 Å². The lowest BCUT2D eigenvalue weighted by Crippen LogP contribution is -2.02. The van der Waals surface area contributed by atoms with E-state index in [1.165, 1.54) is 32.1 Å². The number of pyridine rings is 1. The molecule has 0 bridgehead atoms. The van der Waals surface area contributed by atoms with Crippen molar-refractivity contribution >= 4 is 11.3 Å². The van der Waals surface area contributed by atoms with Crippen molar-refractivity contribution < 1.29 is 9.45 Å². The molecule has 1 aromatic carbocycles. The molecule has 0 N–H and O–H groups in total. The molecule has 1 fully saturated rings. The van der Waals surface area contributed by atoms with Crippen LogP contribution in [-0.4, -0.2) is 19.5 Å². The third-order valence-corrected chi connectivity index (χ3v) is 5.94. The fourth-order valence-corrected chi connectivity index (χ4v) is 4.29. The average molecular weight is 426 g/mol. The first-order valence-corrected chi connectivity index (χ1v) is 10.8. The predicted molar refractivity (Wildman–Crippen MR) is 121 cm³/mol. The van der Waals surface area contributed by atoms with Gasteiger partial charge in [-0.15, -0.1) is 0 Å². The summed E-state index contributed by atoms with van der Waals surface area (Å²) in [5.74, 6) is 7.30. The monoisotopic (exact) mass is 426 g/mol. The van der Waals surface area contributed by atoms with Crippen molar-refractivity contribution in [2.45, 2.75) is 39.0 Å². The molecule has 1 aliphatic carbocycles. The highest BCUT2D eigenvalue weighted by Gasteiger charge is 2.31. The molecule has 160 valence electrons. The van der Waals surface area contributed by atoms with Crippen LogP contribution in [0.2, 0.25) is 0 Å². The van der Waals surface area contributed by atoms with Crippen molar-refractivity contribution in [3.8, 4) is 34.6 Å². The molecular formula is C25H22N4O3. The summed E-state index contributed by atoms with van der Waals surface area (Å²) in [6, 6.07) is 13.4.